The molecule has 0 amide bonds. The van der Waals surface area contributed by atoms with Crippen molar-refractivity contribution < 1.29 is 8.81 Å². The van der Waals surface area contributed by atoms with Crippen LogP contribution in [0.3, 0.4) is 0 Å². The van der Waals surface area contributed by atoms with E-state index in [0.717, 1.165) is 17.1 Å². The summed E-state index contributed by atoms with van der Waals surface area (Å²) in [5.74, 6) is 1.51. The van der Waals surface area contributed by atoms with E-state index in [4.69, 9.17) is 4.42 Å². The van der Waals surface area contributed by atoms with Gasteiger partial charge in [-0.3, -0.25) is 0 Å². The molecule has 0 fully saturated rings. The zero-order valence-corrected chi connectivity index (χ0v) is 11.2. The summed E-state index contributed by atoms with van der Waals surface area (Å²) in [7, 11) is 1.83. The van der Waals surface area contributed by atoms with Crippen molar-refractivity contribution in [2.75, 3.05) is 7.05 Å². The summed E-state index contributed by atoms with van der Waals surface area (Å²) < 4.78 is 19.7. The Morgan fingerprint density at radius 1 is 1.17 bits per heavy atom. The first-order chi connectivity index (χ1) is 8.54. The molecule has 0 aliphatic rings. The van der Waals surface area contributed by atoms with Crippen LogP contribution < -0.4 is 5.32 Å². The van der Waals surface area contributed by atoms with Gasteiger partial charge >= 0.3 is 0 Å². The lowest BCUT2D eigenvalue weighted by atomic mass is 9.97. The molecule has 2 rings (SSSR count). The number of hydrogen-bond donors (Lipinski definition) is 1. The SMILES string of the molecule is CNC(c1cc(C)oc1C)c1cccc(C)c1F. The lowest BCUT2D eigenvalue weighted by molar-refractivity contribution is 0.494. The molecule has 1 aromatic heterocycles. The summed E-state index contributed by atoms with van der Waals surface area (Å²) in [5.41, 5.74) is 2.30. The quantitative estimate of drug-likeness (QED) is 0.895. The highest BCUT2D eigenvalue weighted by molar-refractivity contribution is 5.37. The number of rotatable bonds is 3. The van der Waals surface area contributed by atoms with Gasteiger partial charge in [-0.05, 0) is 39.4 Å². The zero-order chi connectivity index (χ0) is 13.3. The third-order valence-corrected chi connectivity index (χ3v) is 3.21. The van der Waals surface area contributed by atoms with Crippen LogP contribution in [-0.4, -0.2) is 7.05 Å². The van der Waals surface area contributed by atoms with E-state index >= 15 is 0 Å². The minimum Gasteiger partial charge on any atom is -0.466 e. The van der Waals surface area contributed by atoms with Crippen LogP contribution in [0.2, 0.25) is 0 Å². The molecular formula is C15H18FNO. The Morgan fingerprint density at radius 3 is 2.44 bits per heavy atom. The topological polar surface area (TPSA) is 25.2 Å². The van der Waals surface area contributed by atoms with Crippen molar-refractivity contribution in [3.63, 3.8) is 0 Å². The van der Waals surface area contributed by atoms with Crippen molar-refractivity contribution in [1.29, 1.82) is 0 Å². The summed E-state index contributed by atoms with van der Waals surface area (Å²) in [5, 5.41) is 3.16. The van der Waals surface area contributed by atoms with Gasteiger partial charge in [0.2, 0.25) is 0 Å². The van der Waals surface area contributed by atoms with Gasteiger partial charge in [0.1, 0.15) is 17.3 Å². The largest absolute Gasteiger partial charge is 0.466 e. The summed E-state index contributed by atoms with van der Waals surface area (Å²) in [6, 6.07) is 7.24. The summed E-state index contributed by atoms with van der Waals surface area (Å²) in [4.78, 5) is 0. The molecule has 0 saturated carbocycles. The normalized spacial score (nSPS) is 12.7. The van der Waals surface area contributed by atoms with E-state index in [-0.39, 0.29) is 11.9 Å². The highest BCUT2D eigenvalue weighted by Crippen LogP contribution is 2.29. The van der Waals surface area contributed by atoms with Gasteiger partial charge in [0.05, 0.1) is 6.04 Å². The molecule has 18 heavy (non-hydrogen) atoms. The molecule has 0 aliphatic heterocycles. The minimum atomic E-state index is -0.178. The third kappa shape index (κ3) is 2.18. The molecule has 1 unspecified atom stereocenters. The van der Waals surface area contributed by atoms with E-state index in [1.165, 1.54) is 0 Å². The van der Waals surface area contributed by atoms with E-state index < -0.39 is 0 Å². The van der Waals surface area contributed by atoms with Crippen molar-refractivity contribution in [2.45, 2.75) is 26.8 Å². The average Bonchev–Trinajstić information content (AvgIpc) is 2.65. The van der Waals surface area contributed by atoms with Gasteiger partial charge in [-0.1, -0.05) is 18.2 Å². The van der Waals surface area contributed by atoms with Gasteiger partial charge in [-0.15, -0.1) is 0 Å². The maximum absolute atomic E-state index is 14.2. The molecule has 0 bridgehead atoms. The smallest absolute Gasteiger partial charge is 0.131 e. The van der Waals surface area contributed by atoms with Crippen LogP contribution >= 0.6 is 0 Å². The molecule has 1 N–H and O–H groups in total. The monoisotopic (exact) mass is 247 g/mol. The standard InChI is InChI=1S/C15H18FNO/c1-9-6-5-7-12(14(9)16)15(17-4)13-8-10(2)18-11(13)3/h5-8,15,17H,1-4H3. The maximum Gasteiger partial charge on any atom is 0.131 e. The first-order valence-corrected chi connectivity index (χ1v) is 6.03. The van der Waals surface area contributed by atoms with Crippen molar-refractivity contribution >= 4 is 0 Å². The highest BCUT2D eigenvalue weighted by Gasteiger charge is 2.21. The molecule has 1 heterocycles. The first kappa shape index (κ1) is 12.8. The Labute approximate surface area is 107 Å². The van der Waals surface area contributed by atoms with Crippen LogP contribution in [0, 0.1) is 26.6 Å². The van der Waals surface area contributed by atoms with Crippen LogP contribution in [0.15, 0.2) is 28.7 Å². The van der Waals surface area contributed by atoms with Crippen molar-refractivity contribution in [3.8, 4) is 0 Å². The molecule has 0 saturated heterocycles. The Morgan fingerprint density at radius 2 is 1.89 bits per heavy atom. The first-order valence-electron chi connectivity index (χ1n) is 6.03. The second-order valence-electron chi connectivity index (χ2n) is 4.57. The number of nitrogens with one attached hydrogen (secondary N) is 1. The van der Waals surface area contributed by atoms with E-state index in [0.29, 0.717) is 11.1 Å². The summed E-state index contributed by atoms with van der Waals surface area (Å²) in [6.07, 6.45) is 0. The lowest BCUT2D eigenvalue weighted by Gasteiger charge is -2.17. The molecule has 1 aromatic carbocycles. The second kappa shape index (κ2) is 4.94. The molecule has 2 nitrogen and oxygen atoms in total. The average molecular weight is 247 g/mol. The Hall–Kier alpha value is -1.61. The summed E-state index contributed by atoms with van der Waals surface area (Å²) in [6.45, 7) is 5.58. The van der Waals surface area contributed by atoms with E-state index in [2.05, 4.69) is 5.32 Å². The van der Waals surface area contributed by atoms with Gasteiger partial charge < -0.3 is 9.73 Å². The van der Waals surface area contributed by atoms with Gasteiger partial charge in [0.25, 0.3) is 0 Å². The Kier molecular flexibility index (Phi) is 3.53. The van der Waals surface area contributed by atoms with Crippen LogP contribution in [0.25, 0.3) is 0 Å². The molecule has 3 heteroatoms. The van der Waals surface area contributed by atoms with Gasteiger partial charge in [0, 0.05) is 11.1 Å². The molecule has 96 valence electrons. The number of furan rings is 1. The molecule has 2 aromatic rings. The van der Waals surface area contributed by atoms with Gasteiger partial charge in [-0.2, -0.15) is 0 Å². The van der Waals surface area contributed by atoms with Gasteiger partial charge in [0.15, 0.2) is 0 Å². The molecule has 1 atom stereocenters. The second-order valence-corrected chi connectivity index (χ2v) is 4.57. The molecule has 0 aliphatic carbocycles. The van der Waals surface area contributed by atoms with Crippen molar-refractivity contribution in [3.05, 3.63) is 58.3 Å². The van der Waals surface area contributed by atoms with Crippen LogP contribution in [0.1, 0.15) is 34.3 Å². The highest BCUT2D eigenvalue weighted by atomic mass is 19.1. The zero-order valence-electron chi connectivity index (χ0n) is 11.2. The number of benzene rings is 1. The van der Waals surface area contributed by atoms with E-state index in [1.54, 1.807) is 13.0 Å². The predicted octanol–water partition coefficient (Wildman–Crippen LogP) is 3.65. The lowest BCUT2D eigenvalue weighted by Crippen LogP contribution is -2.19. The molecule has 0 spiro atoms. The fourth-order valence-electron chi connectivity index (χ4n) is 2.31. The fourth-order valence-corrected chi connectivity index (χ4v) is 2.31. The van der Waals surface area contributed by atoms with E-state index in [9.17, 15) is 4.39 Å². The number of halogens is 1. The Bertz CT molecular complexity index is 560. The number of hydrogen-bond acceptors (Lipinski definition) is 2. The predicted molar refractivity (Wildman–Crippen MR) is 70.2 cm³/mol. The van der Waals surface area contributed by atoms with Crippen LogP contribution in [-0.2, 0) is 0 Å². The minimum absolute atomic E-state index is 0.157. The van der Waals surface area contributed by atoms with Crippen LogP contribution in [0.4, 0.5) is 4.39 Å². The maximum atomic E-state index is 14.2. The molecular weight excluding hydrogens is 229 g/mol. The third-order valence-electron chi connectivity index (χ3n) is 3.21. The van der Waals surface area contributed by atoms with Gasteiger partial charge in [-0.25, -0.2) is 4.39 Å². The van der Waals surface area contributed by atoms with Crippen molar-refractivity contribution in [2.24, 2.45) is 0 Å². The Balaban J connectivity index is 2.52. The van der Waals surface area contributed by atoms with E-state index in [1.807, 2.05) is 39.1 Å². The number of aryl methyl sites for hydroxylation is 3. The van der Waals surface area contributed by atoms with Crippen molar-refractivity contribution in [1.82, 2.24) is 5.32 Å². The molecule has 0 radical (unpaired) electrons. The summed E-state index contributed by atoms with van der Waals surface area (Å²) >= 11 is 0. The fraction of sp³-hybridized carbons (Fsp3) is 0.333. The van der Waals surface area contributed by atoms with Crippen LogP contribution in [0.5, 0.6) is 0 Å².